The number of rotatable bonds is 5. The van der Waals surface area contributed by atoms with Crippen LogP contribution in [0.15, 0.2) is 24.3 Å². The van der Waals surface area contributed by atoms with Crippen molar-refractivity contribution in [2.45, 2.75) is 45.1 Å². The van der Waals surface area contributed by atoms with Crippen LogP contribution in [-0.2, 0) is 4.79 Å². The zero-order valence-electron chi connectivity index (χ0n) is 17.5. The van der Waals surface area contributed by atoms with Crippen LogP contribution < -0.4 is 15.0 Å². The minimum Gasteiger partial charge on any atom is -0.492 e. The second kappa shape index (κ2) is 8.22. The zero-order chi connectivity index (χ0) is 20.4. The van der Waals surface area contributed by atoms with Crippen LogP contribution >= 0.6 is 0 Å². The summed E-state index contributed by atoms with van der Waals surface area (Å²) in [5.74, 6) is 1.51. The van der Waals surface area contributed by atoms with Gasteiger partial charge in [-0.1, -0.05) is 19.1 Å². The quantitative estimate of drug-likeness (QED) is 0.770. The number of hydrogen-bond donors (Lipinski definition) is 1. The fourth-order valence-corrected chi connectivity index (χ4v) is 4.72. The predicted octanol–water partition coefficient (Wildman–Crippen LogP) is 2.67. The Labute approximate surface area is 173 Å². The second-order valence-electron chi connectivity index (χ2n) is 8.58. The fourth-order valence-electron chi connectivity index (χ4n) is 4.72. The highest BCUT2D eigenvalue weighted by atomic mass is 16.5. The van der Waals surface area contributed by atoms with Gasteiger partial charge in [-0.2, -0.15) is 0 Å². The SMILES string of the molecule is CCOc1ccccc1N1CCN(CN2C(=O)NC3(CCC(C)CC3)C2=O)CC1. The van der Waals surface area contributed by atoms with Crippen molar-refractivity contribution in [1.82, 2.24) is 15.1 Å². The Hall–Kier alpha value is -2.28. The number of imide groups is 1. The van der Waals surface area contributed by atoms with E-state index in [9.17, 15) is 9.59 Å². The average molecular weight is 401 g/mol. The van der Waals surface area contributed by atoms with Gasteiger partial charge in [-0.25, -0.2) is 9.69 Å². The number of nitrogens with zero attached hydrogens (tertiary/aromatic N) is 3. The summed E-state index contributed by atoms with van der Waals surface area (Å²) in [7, 11) is 0. The van der Waals surface area contributed by atoms with E-state index < -0.39 is 5.54 Å². The first-order valence-electron chi connectivity index (χ1n) is 10.9. The Morgan fingerprint density at radius 3 is 2.48 bits per heavy atom. The first-order valence-corrected chi connectivity index (χ1v) is 10.9. The molecular weight excluding hydrogens is 368 g/mol. The Morgan fingerprint density at radius 1 is 1.10 bits per heavy atom. The molecule has 4 rings (SSSR count). The van der Waals surface area contributed by atoms with Gasteiger partial charge in [-0.3, -0.25) is 9.69 Å². The molecule has 2 aliphatic heterocycles. The summed E-state index contributed by atoms with van der Waals surface area (Å²) >= 11 is 0. The third kappa shape index (κ3) is 3.92. The van der Waals surface area contributed by atoms with Crippen LogP contribution in [0.2, 0.25) is 0 Å². The van der Waals surface area contributed by atoms with Gasteiger partial charge in [0.05, 0.1) is 19.0 Å². The number of hydrogen-bond acceptors (Lipinski definition) is 5. The second-order valence-corrected chi connectivity index (χ2v) is 8.58. The lowest BCUT2D eigenvalue weighted by Gasteiger charge is -2.38. The van der Waals surface area contributed by atoms with Crippen LogP contribution in [0, 0.1) is 5.92 Å². The molecule has 0 bridgehead atoms. The van der Waals surface area contributed by atoms with Gasteiger partial charge in [-0.05, 0) is 50.7 Å². The Kier molecular flexibility index (Phi) is 5.67. The number of piperazine rings is 1. The van der Waals surface area contributed by atoms with Crippen LogP contribution in [0.25, 0.3) is 0 Å². The largest absolute Gasteiger partial charge is 0.492 e. The van der Waals surface area contributed by atoms with Gasteiger partial charge in [0.1, 0.15) is 11.3 Å². The van der Waals surface area contributed by atoms with Crippen molar-refractivity contribution in [2.24, 2.45) is 5.92 Å². The molecule has 2 heterocycles. The van der Waals surface area contributed by atoms with E-state index in [4.69, 9.17) is 4.74 Å². The minimum atomic E-state index is -0.651. The molecule has 1 aliphatic carbocycles. The van der Waals surface area contributed by atoms with E-state index in [0.717, 1.165) is 63.3 Å². The summed E-state index contributed by atoms with van der Waals surface area (Å²) in [6, 6.07) is 7.88. The van der Waals surface area contributed by atoms with Crippen molar-refractivity contribution in [2.75, 3.05) is 44.4 Å². The topological polar surface area (TPSA) is 65.1 Å². The zero-order valence-corrected chi connectivity index (χ0v) is 17.5. The van der Waals surface area contributed by atoms with Crippen molar-refractivity contribution in [3.63, 3.8) is 0 Å². The highest BCUT2D eigenvalue weighted by Gasteiger charge is 2.52. The Morgan fingerprint density at radius 2 is 1.79 bits per heavy atom. The number of nitrogens with one attached hydrogen (secondary N) is 1. The number of urea groups is 1. The van der Waals surface area contributed by atoms with Crippen molar-refractivity contribution >= 4 is 17.6 Å². The van der Waals surface area contributed by atoms with Crippen LogP contribution in [0.4, 0.5) is 10.5 Å². The highest BCUT2D eigenvalue weighted by Crippen LogP contribution is 2.36. The minimum absolute atomic E-state index is 0.0291. The van der Waals surface area contributed by atoms with E-state index in [2.05, 4.69) is 28.1 Å². The normalized spacial score (nSPS) is 28.1. The fraction of sp³-hybridized carbons (Fsp3) is 0.636. The van der Waals surface area contributed by atoms with E-state index in [1.54, 1.807) is 0 Å². The smallest absolute Gasteiger partial charge is 0.326 e. The van der Waals surface area contributed by atoms with Gasteiger partial charge in [0.25, 0.3) is 5.91 Å². The molecule has 0 radical (unpaired) electrons. The summed E-state index contributed by atoms with van der Waals surface area (Å²) in [6.45, 7) is 8.53. The van der Waals surface area contributed by atoms with Crippen molar-refractivity contribution in [3.05, 3.63) is 24.3 Å². The summed E-state index contributed by atoms with van der Waals surface area (Å²) in [5, 5.41) is 3.02. The maximum absolute atomic E-state index is 13.1. The predicted molar refractivity (Wildman–Crippen MR) is 112 cm³/mol. The van der Waals surface area contributed by atoms with E-state index in [1.165, 1.54) is 4.90 Å². The van der Waals surface area contributed by atoms with E-state index in [-0.39, 0.29) is 11.9 Å². The number of benzene rings is 1. The number of carbonyl (C=O) groups is 2. The van der Waals surface area contributed by atoms with Crippen LogP contribution in [-0.4, -0.2) is 66.7 Å². The first kappa shape index (κ1) is 20.0. The Bertz CT molecular complexity index is 752. The first-order chi connectivity index (χ1) is 14.0. The van der Waals surface area contributed by atoms with Gasteiger partial charge in [-0.15, -0.1) is 0 Å². The monoisotopic (exact) mass is 400 g/mol. The van der Waals surface area contributed by atoms with Crippen LogP contribution in [0.3, 0.4) is 0 Å². The van der Waals surface area contributed by atoms with Crippen LogP contribution in [0.5, 0.6) is 5.75 Å². The molecule has 3 amide bonds. The molecule has 0 unspecified atom stereocenters. The molecule has 2 saturated heterocycles. The van der Waals surface area contributed by atoms with Gasteiger partial charge in [0.2, 0.25) is 0 Å². The van der Waals surface area contributed by atoms with Gasteiger partial charge >= 0.3 is 6.03 Å². The molecule has 0 atom stereocenters. The lowest BCUT2D eigenvalue weighted by molar-refractivity contribution is -0.134. The standard InChI is InChI=1S/C22H32N4O3/c1-3-29-19-7-5-4-6-18(19)25-14-12-24(13-15-25)16-26-20(27)22(23-21(26)28)10-8-17(2)9-11-22/h4-7,17H,3,8-16H2,1-2H3,(H,23,28). The van der Waals surface area contributed by atoms with E-state index >= 15 is 0 Å². The molecule has 0 aromatic heterocycles. The molecular formula is C22H32N4O3. The molecule has 7 nitrogen and oxygen atoms in total. The third-order valence-electron chi connectivity index (χ3n) is 6.59. The van der Waals surface area contributed by atoms with Gasteiger partial charge in [0.15, 0.2) is 0 Å². The van der Waals surface area contributed by atoms with Crippen molar-refractivity contribution in [1.29, 1.82) is 0 Å². The maximum Gasteiger partial charge on any atom is 0.326 e. The maximum atomic E-state index is 13.1. The van der Waals surface area contributed by atoms with Crippen molar-refractivity contribution in [3.8, 4) is 5.75 Å². The summed E-state index contributed by atoms with van der Waals surface area (Å²) in [4.78, 5) is 31.6. The lowest BCUT2D eigenvalue weighted by atomic mass is 9.77. The van der Waals surface area contributed by atoms with Crippen LogP contribution in [0.1, 0.15) is 39.5 Å². The average Bonchev–Trinajstić information content (AvgIpc) is 2.96. The van der Waals surface area contributed by atoms with Crippen molar-refractivity contribution < 1.29 is 14.3 Å². The molecule has 3 aliphatic rings. The molecule has 1 N–H and O–H groups in total. The molecule has 1 saturated carbocycles. The number of amides is 3. The molecule has 1 aromatic carbocycles. The Balaban J connectivity index is 1.35. The number of anilines is 1. The summed E-state index contributed by atoms with van der Waals surface area (Å²) < 4.78 is 5.76. The molecule has 3 fully saturated rings. The molecule has 1 aromatic rings. The number of para-hydroxylation sites is 2. The molecule has 1 spiro atoms. The molecule has 7 heteroatoms. The van der Waals surface area contributed by atoms with Gasteiger partial charge in [0, 0.05) is 26.2 Å². The third-order valence-corrected chi connectivity index (χ3v) is 6.59. The number of carbonyl (C=O) groups excluding carboxylic acids is 2. The van der Waals surface area contributed by atoms with Gasteiger partial charge < -0.3 is 15.0 Å². The van der Waals surface area contributed by atoms with E-state index in [1.807, 2.05) is 25.1 Å². The molecule has 29 heavy (non-hydrogen) atoms. The molecule has 158 valence electrons. The lowest BCUT2D eigenvalue weighted by Crippen LogP contribution is -2.52. The number of ether oxygens (including phenoxy) is 1. The van der Waals surface area contributed by atoms with E-state index in [0.29, 0.717) is 19.2 Å². The summed E-state index contributed by atoms with van der Waals surface area (Å²) in [6.07, 6.45) is 3.52. The highest BCUT2D eigenvalue weighted by molar-refractivity contribution is 6.07. The summed E-state index contributed by atoms with van der Waals surface area (Å²) in [5.41, 5.74) is 0.459.